The summed E-state index contributed by atoms with van der Waals surface area (Å²) in [5, 5.41) is 12.1. The van der Waals surface area contributed by atoms with Crippen molar-refractivity contribution >= 4 is 23.4 Å². The van der Waals surface area contributed by atoms with Crippen LogP contribution in [0.4, 0.5) is 10.1 Å². The minimum Gasteiger partial charge on any atom is -0.325 e. The van der Waals surface area contributed by atoms with Crippen molar-refractivity contribution in [3.63, 3.8) is 0 Å². The molecule has 7 heteroatoms. The van der Waals surface area contributed by atoms with Gasteiger partial charge >= 0.3 is 0 Å². The molecule has 4 rings (SSSR count). The summed E-state index contributed by atoms with van der Waals surface area (Å²) in [6.45, 7) is 2.03. The maximum atomic E-state index is 13.0. The van der Waals surface area contributed by atoms with Crippen LogP contribution >= 0.6 is 11.8 Å². The number of anilines is 1. The number of carbonyl (C=O) groups excluding carboxylic acids is 1. The number of aromatic nitrogens is 3. The van der Waals surface area contributed by atoms with Gasteiger partial charge in [-0.2, -0.15) is 0 Å². The van der Waals surface area contributed by atoms with Crippen LogP contribution in [0.25, 0.3) is 17.1 Å². The van der Waals surface area contributed by atoms with Gasteiger partial charge < -0.3 is 5.32 Å². The van der Waals surface area contributed by atoms with E-state index in [4.69, 9.17) is 0 Å². The van der Waals surface area contributed by atoms with Crippen LogP contribution in [0.15, 0.2) is 84.0 Å². The first-order valence-corrected chi connectivity index (χ1v) is 10.3. The lowest BCUT2D eigenvalue weighted by Gasteiger charge is -2.11. The van der Waals surface area contributed by atoms with Gasteiger partial charge in [0.1, 0.15) is 5.82 Å². The van der Waals surface area contributed by atoms with Crippen molar-refractivity contribution in [2.24, 2.45) is 0 Å². The highest BCUT2D eigenvalue weighted by atomic mass is 32.2. The molecule has 0 aliphatic heterocycles. The van der Waals surface area contributed by atoms with Crippen molar-refractivity contribution in [3.05, 3.63) is 90.2 Å². The predicted molar refractivity (Wildman–Crippen MR) is 117 cm³/mol. The van der Waals surface area contributed by atoms with Gasteiger partial charge in [0.05, 0.1) is 5.75 Å². The number of amides is 1. The highest BCUT2D eigenvalue weighted by Crippen LogP contribution is 2.28. The van der Waals surface area contributed by atoms with E-state index in [9.17, 15) is 9.18 Å². The second kappa shape index (κ2) is 8.92. The Morgan fingerprint density at radius 2 is 1.77 bits per heavy atom. The van der Waals surface area contributed by atoms with Gasteiger partial charge in [0.25, 0.3) is 0 Å². The highest BCUT2D eigenvalue weighted by Gasteiger charge is 2.17. The van der Waals surface area contributed by atoms with Gasteiger partial charge in [-0.25, -0.2) is 4.39 Å². The average molecular weight is 418 g/mol. The molecule has 0 aliphatic carbocycles. The quantitative estimate of drug-likeness (QED) is 0.442. The van der Waals surface area contributed by atoms with Crippen LogP contribution in [0, 0.1) is 12.7 Å². The molecule has 1 heterocycles. The normalized spacial score (nSPS) is 10.7. The number of rotatable bonds is 6. The molecule has 0 unspecified atom stereocenters. The fourth-order valence-electron chi connectivity index (χ4n) is 3.00. The van der Waals surface area contributed by atoms with Crippen LogP contribution in [0.5, 0.6) is 0 Å². The summed E-state index contributed by atoms with van der Waals surface area (Å²) >= 11 is 1.30. The zero-order chi connectivity index (χ0) is 20.9. The van der Waals surface area contributed by atoms with Crippen LogP contribution < -0.4 is 5.32 Å². The number of nitrogens with zero attached hydrogens (tertiary/aromatic N) is 3. The van der Waals surface area contributed by atoms with E-state index < -0.39 is 0 Å². The van der Waals surface area contributed by atoms with Crippen molar-refractivity contribution in [3.8, 4) is 17.1 Å². The third-order valence-corrected chi connectivity index (χ3v) is 5.31. The van der Waals surface area contributed by atoms with E-state index >= 15 is 0 Å². The molecule has 1 N–H and O–H groups in total. The Morgan fingerprint density at radius 1 is 1.00 bits per heavy atom. The molecule has 1 amide bonds. The summed E-state index contributed by atoms with van der Waals surface area (Å²) in [6, 6.07) is 23.5. The molecule has 1 aromatic heterocycles. The van der Waals surface area contributed by atoms with Gasteiger partial charge in [0, 0.05) is 16.9 Å². The lowest BCUT2D eigenvalue weighted by molar-refractivity contribution is -0.113. The van der Waals surface area contributed by atoms with E-state index in [-0.39, 0.29) is 17.5 Å². The van der Waals surface area contributed by atoms with E-state index in [0.717, 1.165) is 16.8 Å². The number of carbonyl (C=O) groups is 1. The Bertz CT molecular complexity index is 1160. The SMILES string of the molecule is Cc1cccc(-n2c(SCC(=O)Nc3ccc(F)cc3)nnc2-c2ccccc2)c1. The smallest absolute Gasteiger partial charge is 0.234 e. The Balaban J connectivity index is 1.59. The lowest BCUT2D eigenvalue weighted by atomic mass is 10.2. The fourth-order valence-corrected chi connectivity index (χ4v) is 3.75. The second-order valence-electron chi connectivity index (χ2n) is 6.69. The zero-order valence-corrected chi connectivity index (χ0v) is 17.1. The largest absolute Gasteiger partial charge is 0.325 e. The number of aryl methyl sites for hydroxylation is 1. The van der Waals surface area contributed by atoms with Gasteiger partial charge in [-0.1, -0.05) is 54.2 Å². The standard InChI is InChI=1S/C23H19FN4OS/c1-16-6-5-9-20(14-16)28-22(17-7-3-2-4-8-17)26-27-23(28)30-15-21(29)25-19-12-10-18(24)11-13-19/h2-14H,15H2,1H3,(H,25,29). The zero-order valence-electron chi connectivity index (χ0n) is 16.2. The molecule has 0 bridgehead atoms. The van der Waals surface area contributed by atoms with E-state index in [1.165, 1.54) is 36.0 Å². The predicted octanol–water partition coefficient (Wildman–Crippen LogP) is 5.11. The molecule has 30 heavy (non-hydrogen) atoms. The van der Waals surface area contributed by atoms with Gasteiger partial charge in [0.15, 0.2) is 11.0 Å². The Labute approximate surface area is 178 Å². The molecule has 4 aromatic rings. The number of nitrogens with one attached hydrogen (secondary N) is 1. The van der Waals surface area contributed by atoms with E-state index in [0.29, 0.717) is 16.7 Å². The molecular weight excluding hydrogens is 399 g/mol. The molecule has 3 aromatic carbocycles. The van der Waals surface area contributed by atoms with E-state index in [1.54, 1.807) is 0 Å². The van der Waals surface area contributed by atoms with Crippen molar-refractivity contribution in [2.75, 3.05) is 11.1 Å². The number of thioether (sulfide) groups is 1. The van der Waals surface area contributed by atoms with Crippen molar-refractivity contribution in [1.29, 1.82) is 0 Å². The Kier molecular flexibility index (Phi) is 5.90. The minimum atomic E-state index is -0.345. The molecule has 0 radical (unpaired) electrons. The highest BCUT2D eigenvalue weighted by molar-refractivity contribution is 7.99. The van der Waals surface area contributed by atoms with E-state index in [2.05, 4.69) is 21.6 Å². The first-order valence-electron chi connectivity index (χ1n) is 9.36. The van der Waals surface area contributed by atoms with Crippen LogP contribution in [-0.2, 0) is 4.79 Å². The molecule has 0 atom stereocenters. The summed E-state index contributed by atoms with van der Waals surface area (Å²) in [5.74, 6) is 0.312. The third-order valence-electron chi connectivity index (χ3n) is 4.39. The number of hydrogen-bond donors (Lipinski definition) is 1. The number of halogens is 1. The number of hydrogen-bond acceptors (Lipinski definition) is 4. The summed E-state index contributed by atoms with van der Waals surface area (Å²) in [5.41, 5.74) is 3.53. The first kappa shape index (κ1) is 19.8. The van der Waals surface area contributed by atoms with Crippen molar-refractivity contribution in [1.82, 2.24) is 14.8 Å². The maximum absolute atomic E-state index is 13.0. The minimum absolute atomic E-state index is 0.149. The topological polar surface area (TPSA) is 59.8 Å². The van der Waals surface area contributed by atoms with Crippen LogP contribution in [0.3, 0.4) is 0 Å². The van der Waals surface area contributed by atoms with Gasteiger partial charge in [-0.05, 0) is 48.9 Å². The molecule has 0 aliphatic rings. The summed E-state index contributed by atoms with van der Waals surface area (Å²) in [4.78, 5) is 12.4. The van der Waals surface area contributed by atoms with E-state index in [1.807, 2.05) is 60.0 Å². The molecular formula is C23H19FN4OS. The van der Waals surface area contributed by atoms with Crippen LogP contribution in [-0.4, -0.2) is 26.4 Å². The van der Waals surface area contributed by atoms with Crippen molar-refractivity contribution < 1.29 is 9.18 Å². The molecule has 0 saturated heterocycles. The summed E-state index contributed by atoms with van der Waals surface area (Å²) in [7, 11) is 0. The first-order chi connectivity index (χ1) is 14.6. The molecule has 0 fully saturated rings. The molecule has 150 valence electrons. The van der Waals surface area contributed by atoms with Gasteiger partial charge in [-0.3, -0.25) is 9.36 Å². The number of benzene rings is 3. The average Bonchev–Trinajstić information content (AvgIpc) is 3.19. The fraction of sp³-hybridized carbons (Fsp3) is 0.0870. The molecule has 0 saturated carbocycles. The van der Waals surface area contributed by atoms with Crippen molar-refractivity contribution in [2.45, 2.75) is 12.1 Å². The summed E-state index contributed by atoms with van der Waals surface area (Å²) in [6.07, 6.45) is 0. The summed E-state index contributed by atoms with van der Waals surface area (Å²) < 4.78 is 15.0. The monoisotopic (exact) mass is 418 g/mol. The lowest BCUT2D eigenvalue weighted by Crippen LogP contribution is -2.14. The van der Waals surface area contributed by atoms with Crippen LogP contribution in [0.2, 0.25) is 0 Å². The van der Waals surface area contributed by atoms with Crippen LogP contribution in [0.1, 0.15) is 5.56 Å². The molecule has 0 spiro atoms. The maximum Gasteiger partial charge on any atom is 0.234 e. The molecule has 5 nitrogen and oxygen atoms in total. The third kappa shape index (κ3) is 4.58. The second-order valence-corrected chi connectivity index (χ2v) is 7.63. The van der Waals surface area contributed by atoms with Gasteiger partial charge in [0.2, 0.25) is 5.91 Å². The Morgan fingerprint density at radius 3 is 2.50 bits per heavy atom. The Hall–Kier alpha value is -3.45. The van der Waals surface area contributed by atoms with Gasteiger partial charge in [-0.15, -0.1) is 10.2 Å².